The molecule has 0 bridgehead atoms. The van der Waals surface area contributed by atoms with E-state index in [0.29, 0.717) is 6.42 Å². The maximum absolute atomic E-state index is 11.6. The highest BCUT2D eigenvalue weighted by atomic mass is 32.2. The molecule has 18 heavy (non-hydrogen) atoms. The monoisotopic (exact) mass is 279 g/mol. The summed E-state index contributed by atoms with van der Waals surface area (Å²) in [6.45, 7) is 6.44. The largest absolute Gasteiger partial charge is 0.435 e. The lowest BCUT2D eigenvalue weighted by molar-refractivity contribution is -0.149. The van der Waals surface area contributed by atoms with E-state index in [1.54, 1.807) is 21.0 Å². The van der Waals surface area contributed by atoms with Crippen LogP contribution in [0.25, 0.3) is 0 Å². The molecule has 6 nitrogen and oxygen atoms in total. The molecule has 0 fully saturated rings. The van der Waals surface area contributed by atoms with Crippen LogP contribution in [0, 0.1) is 0 Å². The smallest absolute Gasteiger partial charge is 0.334 e. The second kappa shape index (κ2) is 6.31. The molecule has 0 heterocycles. The van der Waals surface area contributed by atoms with Gasteiger partial charge in [-0.25, -0.2) is 4.79 Å². The van der Waals surface area contributed by atoms with Crippen molar-refractivity contribution < 1.29 is 22.5 Å². The lowest BCUT2D eigenvalue weighted by Crippen LogP contribution is -2.50. The number of esters is 1. The molecule has 0 aliphatic carbocycles. The summed E-state index contributed by atoms with van der Waals surface area (Å²) in [4.78, 5) is 11.1. The van der Waals surface area contributed by atoms with Crippen molar-refractivity contribution in [1.82, 2.24) is 4.90 Å². The first-order valence-corrected chi connectivity index (χ1v) is 7.00. The average Bonchev–Trinajstić information content (AvgIpc) is 2.14. The molecule has 1 unspecified atom stereocenters. The lowest BCUT2D eigenvalue weighted by atomic mass is 10.2. The van der Waals surface area contributed by atoms with Gasteiger partial charge in [-0.3, -0.25) is 4.55 Å². The Morgan fingerprint density at radius 2 is 1.94 bits per heavy atom. The van der Waals surface area contributed by atoms with Crippen molar-refractivity contribution >= 4 is 16.1 Å². The summed E-state index contributed by atoms with van der Waals surface area (Å²) in [5, 5.41) is 0. The summed E-state index contributed by atoms with van der Waals surface area (Å²) in [6, 6.07) is 0. The fourth-order valence-electron chi connectivity index (χ4n) is 1.54. The minimum atomic E-state index is -4.54. The molecule has 0 aliphatic rings. The average molecular weight is 279 g/mol. The molecule has 0 amide bonds. The van der Waals surface area contributed by atoms with Gasteiger partial charge in [0.1, 0.15) is 0 Å². The van der Waals surface area contributed by atoms with Crippen LogP contribution in [0.2, 0.25) is 0 Å². The van der Waals surface area contributed by atoms with E-state index in [4.69, 9.17) is 4.74 Å². The number of rotatable bonds is 7. The standard InChI is InChI=1S/C11H21NO5S/c1-6-7-11(8-12(4)5,18(14,15)16)17-10(13)9(2)3/h2,6-8H2,1,3-5H3,(H,14,15,16). The van der Waals surface area contributed by atoms with Crippen molar-refractivity contribution in [2.75, 3.05) is 20.6 Å². The van der Waals surface area contributed by atoms with E-state index < -0.39 is 21.0 Å². The van der Waals surface area contributed by atoms with Crippen molar-refractivity contribution in [3.8, 4) is 0 Å². The van der Waals surface area contributed by atoms with Gasteiger partial charge in [-0.15, -0.1) is 0 Å². The Bertz CT molecular complexity index is 415. The van der Waals surface area contributed by atoms with Crippen LogP contribution in [0.1, 0.15) is 26.7 Å². The zero-order valence-corrected chi connectivity index (χ0v) is 12.1. The van der Waals surface area contributed by atoms with Crippen LogP contribution in [-0.4, -0.2) is 49.4 Å². The quantitative estimate of drug-likeness (QED) is 0.426. The molecule has 0 spiro atoms. The van der Waals surface area contributed by atoms with Gasteiger partial charge >= 0.3 is 16.1 Å². The Morgan fingerprint density at radius 3 is 2.22 bits per heavy atom. The Balaban J connectivity index is 5.47. The fraction of sp³-hybridized carbons (Fsp3) is 0.727. The SMILES string of the molecule is C=C(C)C(=O)OC(CCC)(CN(C)C)S(=O)(=O)O. The molecule has 0 aromatic carbocycles. The summed E-state index contributed by atoms with van der Waals surface area (Å²) < 4.78 is 37.5. The number of likely N-dealkylation sites (N-methyl/N-ethyl adjacent to an activating group) is 1. The van der Waals surface area contributed by atoms with E-state index in [1.807, 2.05) is 0 Å². The van der Waals surface area contributed by atoms with E-state index in [-0.39, 0.29) is 18.5 Å². The second-order valence-electron chi connectivity index (χ2n) is 4.54. The van der Waals surface area contributed by atoms with Crippen LogP contribution < -0.4 is 0 Å². The van der Waals surface area contributed by atoms with Gasteiger partial charge in [-0.2, -0.15) is 8.42 Å². The van der Waals surface area contributed by atoms with Crippen molar-refractivity contribution in [2.45, 2.75) is 31.6 Å². The number of ether oxygens (including phenoxy) is 1. The van der Waals surface area contributed by atoms with Crippen LogP contribution >= 0.6 is 0 Å². The van der Waals surface area contributed by atoms with Crippen molar-refractivity contribution in [3.63, 3.8) is 0 Å². The van der Waals surface area contributed by atoms with E-state index in [2.05, 4.69) is 6.58 Å². The molecular formula is C11H21NO5S. The first kappa shape index (κ1) is 17.1. The topological polar surface area (TPSA) is 83.9 Å². The molecule has 7 heteroatoms. The molecule has 0 radical (unpaired) electrons. The summed E-state index contributed by atoms with van der Waals surface area (Å²) in [5.74, 6) is -0.831. The van der Waals surface area contributed by atoms with Gasteiger partial charge in [0.2, 0.25) is 4.93 Å². The van der Waals surface area contributed by atoms with Gasteiger partial charge in [-0.1, -0.05) is 19.9 Å². The van der Waals surface area contributed by atoms with Crippen LogP contribution in [0.5, 0.6) is 0 Å². The number of carbonyl (C=O) groups is 1. The van der Waals surface area contributed by atoms with E-state index in [9.17, 15) is 17.8 Å². The molecule has 1 atom stereocenters. The highest BCUT2D eigenvalue weighted by molar-refractivity contribution is 7.87. The Kier molecular flexibility index (Phi) is 5.98. The highest BCUT2D eigenvalue weighted by Crippen LogP contribution is 2.26. The van der Waals surface area contributed by atoms with E-state index in [1.165, 1.54) is 11.8 Å². The molecule has 0 aromatic rings. The third-order valence-electron chi connectivity index (χ3n) is 2.29. The summed E-state index contributed by atoms with van der Waals surface area (Å²) >= 11 is 0. The number of nitrogens with zero attached hydrogens (tertiary/aromatic N) is 1. The normalized spacial score (nSPS) is 15.2. The van der Waals surface area contributed by atoms with E-state index >= 15 is 0 Å². The zero-order valence-electron chi connectivity index (χ0n) is 11.3. The van der Waals surface area contributed by atoms with Gasteiger partial charge in [-0.05, 0) is 21.0 Å². The first-order chi connectivity index (χ1) is 8.05. The lowest BCUT2D eigenvalue weighted by Gasteiger charge is -2.32. The van der Waals surface area contributed by atoms with Crippen LogP contribution in [-0.2, 0) is 19.6 Å². The molecule has 0 saturated heterocycles. The molecule has 1 N–H and O–H groups in total. The third kappa shape index (κ3) is 4.40. The predicted molar refractivity (Wildman–Crippen MR) is 68.6 cm³/mol. The van der Waals surface area contributed by atoms with Crippen LogP contribution in [0.15, 0.2) is 12.2 Å². The van der Waals surface area contributed by atoms with Crippen molar-refractivity contribution in [1.29, 1.82) is 0 Å². The molecule has 0 aliphatic heterocycles. The number of hydrogen-bond donors (Lipinski definition) is 1. The van der Waals surface area contributed by atoms with Crippen molar-refractivity contribution in [3.05, 3.63) is 12.2 Å². The highest BCUT2D eigenvalue weighted by Gasteiger charge is 2.46. The van der Waals surface area contributed by atoms with Gasteiger partial charge in [0.05, 0.1) is 6.54 Å². The molecule has 0 aromatic heterocycles. The van der Waals surface area contributed by atoms with E-state index in [0.717, 1.165) is 0 Å². The third-order valence-corrected chi connectivity index (χ3v) is 3.64. The fourth-order valence-corrected chi connectivity index (χ4v) is 2.61. The maximum Gasteiger partial charge on any atom is 0.334 e. The van der Waals surface area contributed by atoms with Crippen LogP contribution in [0.3, 0.4) is 0 Å². The number of carbonyl (C=O) groups excluding carboxylic acids is 1. The maximum atomic E-state index is 11.6. The summed E-state index contributed by atoms with van der Waals surface area (Å²) in [5.41, 5.74) is 0.0814. The molecular weight excluding hydrogens is 258 g/mol. The number of hydrogen-bond acceptors (Lipinski definition) is 5. The second-order valence-corrected chi connectivity index (χ2v) is 6.24. The Morgan fingerprint density at radius 1 is 1.44 bits per heavy atom. The van der Waals surface area contributed by atoms with Crippen molar-refractivity contribution in [2.24, 2.45) is 0 Å². The Hall–Kier alpha value is -0.920. The predicted octanol–water partition coefficient (Wildman–Crippen LogP) is 1.05. The molecule has 0 saturated carbocycles. The van der Waals surface area contributed by atoms with Gasteiger partial charge in [0.25, 0.3) is 0 Å². The summed E-state index contributed by atoms with van der Waals surface area (Å²) in [6.07, 6.45) is 0.458. The summed E-state index contributed by atoms with van der Waals surface area (Å²) in [7, 11) is -1.28. The molecule has 0 rings (SSSR count). The van der Waals surface area contributed by atoms with Gasteiger partial charge < -0.3 is 9.64 Å². The minimum absolute atomic E-state index is 0.0169. The van der Waals surface area contributed by atoms with Crippen LogP contribution in [0.4, 0.5) is 0 Å². The Labute approximate surface area is 108 Å². The van der Waals surface area contributed by atoms with Gasteiger partial charge in [0, 0.05) is 12.0 Å². The first-order valence-electron chi connectivity index (χ1n) is 5.56. The zero-order chi connectivity index (χ0) is 14.6. The van der Waals surface area contributed by atoms with Gasteiger partial charge in [0.15, 0.2) is 0 Å². The minimum Gasteiger partial charge on any atom is -0.435 e. The molecule has 106 valence electrons.